The van der Waals surface area contributed by atoms with E-state index in [-0.39, 0.29) is 11.8 Å². The smallest absolute Gasteiger partial charge is 0.289 e. The Morgan fingerprint density at radius 1 is 1.62 bits per heavy atom. The van der Waals surface area contributed by atoms with E-state index in [4.69, 9.17) is 4.42 Å². The van der Waals surface area contributed by atoms with Gasteiger partial charge in [-0.05, 0) is 25.3 Å². The van der Waals surface area contributed by atoms with Crippen molar-refractivity contribution in [3.8, 4) is 0 Å². The van der Waals surface area contributed by atoms with Crippen molar-refractivity contribution in [2.75, 3.05) is 13.1 Å². The molecule has 0 bridgehead atoms. The van der Waals surface area contributed by atoms with Gasteiger partial charge in [0.15, 0.2) is 5.76 Å². The molecular weight excluding hydrogens is 206 g/mol. The van der Waals surface area contributed by atoms with Crippen LogP contribution in [0.3, 0.4) is 0 Å². The number of β-amino-alcohol motifs (C(OH)–C–C–N with tert-alkyl or cyclic N) is 1. The van der Waals surface area contributed by atoms with E-state index in [1.807, 2.05) is 13.8 Å². The molecule has 4 heteroatoms. The van der Waals surface area contributed by atoms with Crippen LogP contribution >= 0.6 is 0 Å². The van der Waals surface area contributed by atoms with Gasteiger partial charge in [-0.2, -0.15) is 0 Å². The number of carbonyl (C=O) groups excluding carboxylic acids is 1. The summed E-state index contributed by atoms with van der Waals surface area (Å²) in [5, 5.41) is 9.74. The predicted octanol–water partition coefficient (Wildman–Crippen LogP) is 1.43. The standard InChI is InChI=1S/C12H17NO3/c1-8-3-5-13(7-10(8)14)12(15)11-9(2)4-6-16-11/h4,6,8,10,14H,3,5,7H2,1-2H3. The highest BCUT2D eigenvalue weighted by Crippen LogP contribution is 2.20. The summed E-state index contributed by atoms with van der Waals surface area (Å²) < 4.78 is 5.17. The van der Waals surface area contributed by atoms with Crippen molar-refractivity contribution in [1.82, 2.24) is 4.90 Å². The number of hydrogen-bond acceptors (Lipinski definition) is 3. The molecule has 1 aromatic rings. The Hall–Kier alpha value is -1.29. The van der Waals surface area contributed by atoms with Crippen LogP contribution in [-0.4, -0.2) is 35.1 Å². The van der Waals surface area contributed by atoms with Crippen LogP contribution in [-0.2, 0) is 0 Å². The summed E-state index contributed by atoms with van der Waals surface area (Å²) in [6.45, 7) is 4.95. The molecule has 0 spiro atoms. The van der Waals surface area contributed by atoms with Gasteiger partial charge in [0.05, 0.1) is 12.4 Å². The lowest BCUT2D eigenvalue weighted by atomic mass is 9.96. The maximum atomic E-state index is 12.1. The summed E-state index contributed by atoms with van der Waals surface area (Å²) in [5.41, 5.74) is 0.845. The average Bonchev–Trinajstić information content (AvgIpc) is 2.67. The van der Waals surface area contributed by atoms with Crippen LogP contribution in [0.4, 0.5) is 0 Å². The lowest BCUT2D eigenvalue weighted by molar-refractivity contribution is 0.0230. The zero-order valence-corrected chi connectivity index (χ0v) is 9.64. The largest absolute Gasteiger partial charge is 0.459 e. The van der Waals surface area contributed by atoms with Gasteiger partial charge in [-0.15, -0.1) is 0 Å². The summed E-state index contributed by atoms with van der Waals surface area (Å²) in [6.07, 6.45) is 1.94. The third-order valence-electron chi connectivity index (χ3n) is 3.26. The Kier molecular flexibility index (Phi) is 3.01. The Balaban J connectivity index is 2.09. The first-order valence-corrected chi connectivity index (χ1v) is 5.61. The van der Waals surface area contributed by atoms with Gasteiger partial charge in [0.2, 0.25) is 0 Å². The number of rotatable bonds is 1. The molecule has 2 atom stereocenters. The minimum absolute atomic E-state index is 0.117. The Morgan fingerprint density at radius 2 is 2.38 bits per heavy atom. The molecule has 2 heterocycles. The quantitative estimate of drug-likeness (QED) is 0.783. The van der Waals surface area contributed by atoms with Gasteiger partial charge in [0, 0.05) is 18.7 Å². The molecule has 0 radical (unpaired) electrons. The van der Waals surface area contributed by atoms with E-state index in [0.717, 1.165) is 12.0 Å². The number of amides is 1. The molecule has 2 rings (SSSR count). The van der Waals surface area contributed by atoms with E-state index in [1.165, 1.54) is 6.26 Å². The number of likely N-dealkylation sites (tertiary alicyclic amines) is 1. The van der Waals surface area contributed by atoms with E-state index >= 15 is 0 Å². The van der Waals surface area contributed by atoms with Crippen LogP contribution < -0.4 is 0 Å². The first-order valence-electron chi connectivity index (χ1n) is 5.61. The molecule has 4 nitrogen and oxygen atoms in total. The van der Waals surface area contributed by atoms with Crippen LogP contribution in [0.25, 0.3) is 0 Å². The molecule has 1 aromatic heterocycles. The average molecular weight is 223 g/mol. The summed E-state index contributed by atoms with van der Waals surface area (Å²) in [4.78, 5) is 13.7. The zero-order valence-electron chi connectivity index (χ0n) is 9.64. The van der Waals surface area contributed by atoms with E-state index in [0.29, 0.717) is 18.8 Å². The Labute approximate surface area is 94.9 Å². The third-order valence-corrected chi connectivity index (χ3v) is 3.26. The van der Waals surface area contributed by atoms with Crippen LogP contribution in [0.15, 0.2) is 16.7 Å². The molecule has 1 amide bonds. The number of nitrogens with zero attached hydrogens (tertiary/aromatic N) is 1. The third kappa shape index (κ3) is 1.97. The van der Waals surface area contributed by atoms with E-state index < -0.39 is 6.10 Å². The molecule has 0 aromatic carbocycles. The highest BCUT2D eigenvalue weighted by atomic mass is 16.3. The van der Waals surface area contributed by atoms with Gasteiger partial charge in [-0.1, -0.05) is 6.92 Å². The van der Waals surface area contributed by atoms with E-state index in [1.54, 1.807) is 11.0 Å². The fourth-order valence-corrected chi connectivity index (χ4v) is 1.97. The minimum atomic E-state index is -0.423. The van der Waals surface area contributed by atoms with E-state index in [9.17, 15) is 9.90 Å². The van der Waals surface area contributed by atoms with Crippen molar-refractivity contribution >= 4 is 5.91 Å². The second-order valence-electron chi connectivity index (χ2n) is 4.52. The zero-order chi connectivity index (χ0) is 11.7. The second kappa shape index (κ2) is 4.29. The van der Waals surface area contributed by atoms with Gasteiger partial charge < -0.3 is 14.4 Å². The number of furan rings is 1. The van der Waals surface area contributed by atoms with Gasteiger partial charge in [0.1, 0.15) is 0 Å². The molecule has 1 aliphatic heterocycles. The van der Waals surface area contributed by atoms with Crippen LogP contribution in [0.2, 0.25) is 0 Å². The van der Waals surface area contributed by atoms with Crippen molar-refractivity contribution < 1.29 is 14.3 Å². The normalized spacial score (nSPS) is 25.8. The summed E-state index contributed by atoms with van der Waals surface area (Å²) in [7, 11) is 0. The first-order chi connectivity index (χ1) is 7.59. The highest BCUT2D eigenvalue weighted by molar-refractivity contribution is 5.92. The van der Waals surface area contributed by atoms with Gasteiger partial charge in [0.25, 0.3) is 5.91 Å². The fourth-order valence-electron chi connectivity index (χ4n) is 1.97. The first kappa shape index (κ1) is 11.2. The molecule has 2 unspecified atom stereocenters. The number of carbonyl (C=O) groups is 1. The monoisotopic (exact) mass is 223 g/mol. The van der Waals surface area contributed by atoms with Crippen molar-refractivity contribution in [2.45, 2.75) is 26.4 Å². The summed E-state index contributed by atoms with van der Waals surface area (Å²) in [5.74, 6) is 0.539. The number of aryl methyl sites for hydroxylation is 1. The van der Waals surface area contributed by atoms with E-state index in [2.05, 4.69) is 0 Å². The SMILES string of the molecule is Cc1ccoc1C(=O)N1CCC(C)C(O)C1. The molecule has 1 saturated heterocycles. The van der Waals surface area contributed by atoms with Crippen LogP contribution in [0.1, 0.15) is 29.5 Å². The Morgan fingerprint density at radius 3 is 2.94 bits per heavy atom. The van der Waals surface area contributed by atoms with Crippen molar-refractivity contribution in [3.05, 3.63) is 23.7 Å². The molecule has 1 N–H and O–H groups in total. The minimum Gasteiger partial charge on any atom is -0.459 e. The maximum Gasteiger partial charge on any atom is 0.289 e. The lowest BCUT2D eigenvalue weighted by Gasteiger charge is -2.33. The van der Waals surface area contributed by atoms with Gasteiger partial charge in [-0.3, -0.25) is 4.79 Å². The predicted molar refractivity (Wildman–Crippen MR) is 59.1 cm³/mol. The second-order valence-corrected chi connectivity index (χ2v) is 4.52. The molecule has 16 heavy (non-hydrogen) atoms. The molecular formula is C12H17NO3. The summed E-state index contributed by atoms with van der Waals surface area (Å²) in [6, 6.07) is 1.77. The van der Waals surface area contributed by atoms with Crippen molar-refractivity contribution in [1.29, 1.82) is 0 Å². The summed E-state index contributed by atoms with van der Waals surface area (Å²) >= 11 is 0. The Bertz CT molecular complexity index is 385. The maximum absolute atomic E-state index is 12.1. The molecule has 88 valence electrons. The van der Waals surface area contributed by atoms with Crippen LogP contribution in [0, 0.1) is 12.8 Å². The van der Waals surface area contributed by atoms with Crippen LogP contribution in [0.5, 0.6) is 0 Å². The number of piperidine rings is 1. The molecule has 0 aliphatic carbocycles. The topological polar surface area (TPSA) is 53.7 Å². The van der Waals surface area contributed by atoms with Crippen molar-refractivity contribution in [3.63, 3.8) is 0 Å². The lowest BCUT2D eigenvalue weighted by Crippen LogP contribution is -2.45. The number of hydrogen-bond donors (Lipinski definition) is 1. The highest BCUT2D eigenvalue weighted by Gasteiger charge is 2.29. The number of aliphatic hydroxyl groups excluding tert-OH is 1. The van der Waals surface area contributed by atoms with Gasteiger partial charge in [-0.25, -0.2) is 0 Å². The molecule has 0 saturated carbocycles. The number of aliphatic hydroxyl groups is 1. The fraction of sp³-hybridized carbons (Fsp3) is 0.583. The molecule has 1 fully saturated rings. The molecule has 1 aliphatic rings. The van der Waals surface area contributed by atoms with Crippen molar-refractivity contribution in [2.24, 2.45) is 5.92 Å². The van der Waals surface area contributed by atoms with Gasteiger partial charge >= 0.3 is 0 Å².